The Morgan fingerprint density at radius 2 is 1.58 bits per heavy atom. The summed E-state index contributed by atoms with van der Waals surface area (Å²) in [5.74, 6) is 0.193. The van der Waals surface area contributed by atoms with Crippen molar-refractivity contribution in [3.63, 3.8) is 0 Å². The van der Waals surface area contributed by atoms with Crippen LogP contribution >= 0.6 is 0 Å². The molecule has 0 N–H and O–H groups in total. The number of anilines is 2. The van der Waals surface area contributed by atoms with Crippen molar-refractivity contribution >= 4 is 17.3 Å². The zero-order valence-corrected chi connectivity index (χ0v) is 18.0. The smallest absolute Gasteiger partial charge is 0.228 e. The number of para-hydroxylation sites is 2. The van der Waals surface area contributed by atoms with E-state index in [0.717, 1.165) is 26.1 Å². The van der Waals surface area contributed by atoms with Crippen molar-refractivity contribution < 1.29 is 4.79 Å². The molecule has 1 amide bonds. The van der Waals surface area contributed by atoms with Gasteiger partial charge in [0.15, 0.2) is 0 Å². The van der Waals surface area contributed by atoms with Crippen LogP contribution in [0.3, 0.4) is 0 Å². The highest BCUT2D eigenvalue weighted by Gasteiger charge is 2.42. The second-order valence-corrected chi connectivity index (χ2v) is 8.66. The molecule has 2 heterocycles. The quantitative estimate of drug-likeness (QED) is 0.643. The fourth-order valence-corrected chi connectivity index (χ4v) is 5.13. The van der Waals surface area contributed by atoms with Gasteiger partial charge < -0.3 is 14.7 Å². The molecule has 4 nitrogen and oxygen atoms in total. The van der Waals surface area contributed by atoms with Gasteiger partial charge in [-0.1, -0.05) is 66.7 Å². The lowest BCUT2D eigenvalue weighted by Crippen LogP contribution is -2.61. The molecule has 0 saturated carbocycles. The Labute approximate surface area is 184 Å². The largest absolute Gasteiger partial charge is 0.368 e. The summed E-state index contributed by atoms with van der Waals surface area (Å²) in [6, 6.07) is 29.6. The number of fused-ring (bicyclic) bond motifs is 3. The molecule has 4 heteroatoms. The molecule has 0 spiro atoms. The summed E-state index contributed by atoms with van der Waals surface area (Å²) < 4.78 is 0. The topological polar surface area (TPSA) is 26.8 Å². The summed E-state index contributed by atoms with van der Waals surface area (Å²) in [6.07, 6.45) is 0.804. The van der Waals surface area contributed by atoms with Crippen molar-refractivity contribution in [2.75, 3.05) is 36.5 Å². The number of nitrogens with zero attached hydrogens (tertiary/aromatic N) is 3. The van der Waals surface area contributed by atoms with E-state index in [0.29, 0.717) is 6.54 Å². The van der Waals surface area contributed by atoms with Gasteiger partial charge in [-0.25, -0.2) is 0 Å². The molecular weight excluding hydrogens is 382 g/mol. The molecule has 3 aromatic rings. The molecule has 1 saturated heterocycles. The van der Waals surface area contributed by atoms with Crippen LogP contribution in [0.5, 0.6) is 0 Å². The van der Waals surface area contributed by atoms with Crippen LogP contribution in [0, 0.1) is 5.92 Å². The third kappa shape index (κ3) is 3.90. The molecule has 31 heavy (non-hydrogen) atoms. The van der Waals surface area contributed by atoms with Crippen LogP contribution in [0.25, 0.3) is 0 Å². The van der Waals surface area contributed by atoms with E-state index in [9.17, 15) is 4.79 Å². The SMILES string of the molecule is CN(Cc1ccccc1)C(=O)[C@@H]1Cc2ccccc2N2CCN(c3ccccc3)C[C@H]12. The highest BCUT2D eigenvalue weighted by atomic mass is 16.2. The molecule has 1 fully saturated rings. The number of rotatable bonds is 4. The molecule has 3 aromatic carbocycles. The minimum Gasteiger partial charge on any atom is -0.368 e. The normalized spacial score (nSPS) is 20.0. The van der Waals surface area contributed by atoms with Crippen molar-refractivity contribution in [1.29, 1.82) is 0 Å². The van der Waals surface area contributed by atoms with Gasteiger partial charge in [0.2, 0.25) is 5.91 Å². The number of piperazine rings is 1. The van der Waals surface area contributed by atoms with Crippen LogP contribution in [0.2, 0.25) is 0 Å². The van der Waals surface area contributed by atoms with E-state index in [1.165, 1.54) is 22.5 Å². The van der Waals surface area contributed by atoms with E-state index in [4.69, 9.17) is 0 Å². The Morgan fingerprint density at radius 1 is 0.903 bits per heavy atom. The molecule has 0 aliphatic carbocycles. The molecule has 0 unspecified atom stereocenters. The maximum Gasteiger partial charge on any atom is 0.228 e. The number of hydrogen-bond acceptors (Lipinski definition) is 3. The molecule has 2 aliphatic rings. The van der Waals surface area contributed by atoms with Crippen molar-refractivity contribution in [3.8, 4) is 0 Å². The van der Waals surface area contributed by atoms with Crippen molar-refractivity contribution in [2.24, 2.45) is 5.92 Å². The van der Waals surface area contributed by atoms with E-state index < -0.39 is 0 Å². The van der Waals surface area contributed by atoms with Crippen LogP contribution < -0.4 is 9.80 Å². The Morgan fingerprint density at radius 3 is 2.35 bits per heavy atom. The Kier molecular flexibility index (Phi) is 5.37. The minimum atomic E-state index is -0.0462. The number of benzene rings is 3. The van der Waals surface area contributed by atoms with Gasteiger partial charge in [-0.2, -0.15) is 0 Å². The van der Waals surface area contributed by atoms with Gasteiger partial charge in [0, 0.05) is 44.6 Å². The van der Waals surface area contributed by atoms with Gasteiger partial charge in [-0.3, -0.25) is 4.79 Å². The summed E-state index contributed by atoms with van der Waals surface area (Å²) in [5, 5.41) is 0. The third-order valence-electron chi connectivity index (χ3n) is 6.70. The highest BCUT2D eigenvalue weighted by Crippen LogP contribution is 2.37. The molecule has 0 bridgehead atoms. The second kappa shape index (κ2) is 8.46. The second-order valence-electron chi connectivity index (χ2n) is 8.66. The molecule has 0 radical (unpaired) electrons. The van der Waals surface area contributed by atoms with E-state index in [2.05, 4.69) is 76.5 Å². The van der Waals surface area contributed by atoms with Gasteiger partial charge in [0.25, 0.3) is 0 Å². The Hall–Kier alpha value is -3.27. The predicted molar refractivity (Wildman–Crippen MR) is 126 cm³/mol. The van der Waals surface area contributed by atoms with Crippen LogP contribution in [0.1, 0.15) is 11.1 Å². The average molecular weight is 412 g/mol. The van der Waals surface area contributed by atoms with Gasteiger partial charge in [-0.05, 0) is 35.7 Å². The molecule has 2 aliphatic heterocycles. The Bertz CT molecular complexity index is 1040. The summed E-state index contributed by atoms with van der Waals surface area (Å²) in [5.41, 5.74) is 5.00. The van der Waals surface area contributed by atoms with E-state index in [-0.39, 0.29) is 17.9 Å². The van der Waals surface area contributed by atoms with E-state index in [1.807, 2.05) is 30.1 Å². The van der Waals surface area contributed by atoms with E-state index >= 15 is 0 Å². The zero-order chi connectivity index (χ0) is 21.2. The van der Waals surface area contributed by atoms with Crippen LogP contribution in [0.15, 0.2) is 84.9 Å². The minimum absolute atomic E-state index is 0.0462. The summed E-state index contributed by atoms with van der Waals surface area (Å²) in [6.45, 7) is 3.42. The number of carbonyl (C=O) groups is 1. The molecular formula is C27H29N3O. The summed E-state index contributed by atoms with van der Waals surface area (Å²) >= 11 is 0. The summed E-state index contributed by atoms with van der Waals surface area (Å²) in [7, 11) is 1.94. The predicted octanol–water partition coefficient (Wildman–Crippen LogP) is 4.21. The first-order valence-electron chi connectivity index (χ1n) is 11.1. The molecule has 0 aromatic heterocycles. The van der Waals surface area contributed by atoms with Gasteiger partial charge in [0.1, 0.15) is 0 Å². The first-order valence-corrected chi connectivity index (χ1v) is 11.1. The Balaban J connectivity index is 1.43. The maximum atomic E-state index is 13.7. The van der Waals surface area contributed by atoms with Crippen LogP contribution in [-0.4, -0.2) is 43.5 Å². The van der Waals surface area contributed by atoms with Gasteiger partial charge in [-0.15, -0.1) is 0 Å². The number of amides is 1. The maximum absolute atomic E-state index is 13.7. The average Bonchev–Trinajstić information content (AvgIpc) is 2.84. The van der Waals surface area contributed by atoms with Crippen molar-refractivity contribution in [1.82, 2.24) is 4.90 Å². The third-order valence-corrected chi connectivity index (χ3v) is 6.70. The molecule has 2 atom stereocenters. The lowest BCUT2D eigenvalue weighted by atomic mass is 9.83. The van der Waals surface area contributed by atoms with E-state index in [1.54, 1.807) is 0 Å². The lowest BCUT2D eigenvalue weighted by molar-refractivity contribution is -0.135. The summed E-state index contributed by atoms with van der Waals surface area (Å²) in [4.78, 5) is 20.5. The zero-order valence-electron chi connectivity index (χ0n) is 18.0. The van der Waals surface area contributed by atoms with Crippen molar-refractivity contribution in [3.05, 3.63) is 96.1 Å². The van der Waals surface area contributed by atoms with Crippen molar-refractivity contribution in [2.45, 2.75) is 19.0 Å². The van der Waals surface area contributed by atoms with Crippen LogP contribution in [-0.2, 0) is 17.8 Å². The first kappa shape index (κ1) is 19.7. The van der Waals surface area contributed by atoms with Gasteiger partial charge >= 0.3 is 0 Å². The van der Waals surface area contributed by atoms with Crippen LogP contribution in [0.4, 0.5) is 11.4 Å². The molecule has 158 valence electrons. The lowest BCUT2D eigenvalue weighted by Gasteiger charge is -2.50. The van der Waals surface area contributed by atoms with Gasteiger partial charge in [0.05, 0.1) is 12.0 Å². The number of hydrogen-bond donors (Lipinski definition) is 0. The molecule has 5 rings (SSSR count). The fourth-order valence-electron chi connectivity index (χ4n) is 5.13. The first-order chi connectivity index (χ1) is 15.2. The standard InChI is InChI=1S/C27H29N3O/c1-28(19-21-10-4-2-5-11-21)27(31)24-18-22-12-8-9-15-25(22)30-17-16-29(20-26(24)30)23-13-6-3-7-14-23/h2-15,24,26H,16-20H2,1H3/t24-,26-/m1/s1. The highest BCUT2D eigenvalue weighted by molar-refractivity contribution is 5.82. The monoisotopic (exact) mass is 411 g/mol. The fraction of sp³-hybridized carbons (Fsp3) is 0.296. The number of carbonyl (C=O) groups excluding carboxylic acids is 1.